The molecule has 2 rings (SSSR count). The van der Waals surface area contributed by atoms with Gasteiger partial charge in [-0.25, -0.2) is 0 Å². The van der Waals surface area contributed by atoms with E-state index in [2.05, 4.69) is 15.5 Å². The summed E-state index contributed by atoms with van der Waals surface area (Å²) in [5.74, 6) is 0.451. The van der Waals surface area contributed by atoms with Gasteiger partial charge in [0.25, 0.3) is 5.91 Å². The predicted molar refractivity (Wildman–Crippen MR) is 72.0 cm³/mol. The lowest BCUT2D eigenvalue weighted by molar-refractivity contribution is 0.0946. The van der Waals surface area contributed by atoms with Crippen LogP contribution in [0.2, 0.25) is 0 Å². The van der Waals surface area contributed by atoms with Crippen LogP contribution in [-0.2, 0) is 0 Å². The molecule has 6 nitrogen and oxygen atoms in total. The summed E-state index contributed by atoms with van der Waals surface area (Å²) < 4.78 is 5.47. The van der Waals surface area contributed by atoms with Crippen LogP contribution in [0, 0.1) is 6.92 Å². The number of H-pyrrole nitrogens is 1. The summed E-state index contributed by atoms with van der Waals surface area (Å²) in [5, 5.41) is 9.26. The number of para-hydroxylation sites is 2. The molecule has 0 saturated heterocycles. The lowest BCUT2D eigenvalue weighted by atomic mass is 10.2. The number of aromatic amines is 1. The Kier molecular flexibility index (Phi) is 4.02. The summed E-state index contributed by atoms with van der Waals surface area (Å²) in [7, 11) is 0. The Morgan fingerprint density at radius 1 is 1.47 bits per heavy atom. The summed E-state index contributed by atoms with van der Waals surface area (Å²) in [6.45, 7) is 2.55. The highest BCUT2D eigenvalue weighted by atomic mass is 16.5. The third kappa shape index (κ3) is 3.25. The quantitative estimate of drug-likeness (QED) is 0.554. The average molecular weight is 260 g/mol. The van der Waals surface area contributed by atoms with Gasteiger partial charge in [0.2, 0.25) is 0 Å². The zero-order valence-electron chi connectivity index (χ0n) is 10.6. The number of ether oxygens (including phenoxy) is 1. The minimum atomic E-state index is -0.170. The summed E-state index contributed by atoms with van der Waals surface area (Å²) in [5.41, 5.74) is 7.60. The van der Waals surface area contributed by atoms with E-state index in [9.17, 15) is 4.79 Å². The van der Waals surface area contributed by atoms with E-state index in [-0.39, 0.29) is 5.91 Å². The van der Waals surface area contributed by atoms with E-state index in [0.717, 1.165) is 5.69 Å². The van der Waals surface area contributed by atoms with E-state index in [1.807, 2.05) is 12.1 Å². The van der Waals surface area contributed by atoms with Gasteiger partial charge in [-0.15, -0.1) is 0 Å². The molecule has 1 aromatic carbocycles. The Bertz CT molecular complexity index is 565. The van der Waals surface area contributed by atoms with Crippen molar-refractivity contribution in [2.24, 2.45) is 0 Å². The van der Waals surface area contributed by atoms with Gasteiger partial charge in [-0.3, -0.25) is 9.89 Å². The minimum absolute atomic E-state index is 0.170. The number of carbonyl (C=O) groups is 1. The highest BCUT2D eigenvalue weighted by Crippen LogP contribution is 2.19. The summed E-state index contributed by atoms with van der Waals surface area (Å²) >= 11 is 0. The van der Waals surface area contributed by atoms with Crippen molar-refractivity contribution in [2.75, 3.05) is 18.9 Å². The van der Waals surface area contributed by atoms with Gasteiger partial charge >= 0.3 is 0 Å². The van der Waals surface area contributed by atoms with Gasteiger partial charge in [0.05, 0.1) is 24.0 Å². The molecule has 1 amide bonds. The van der Waals surface area contributed by atoms with Crippen LogP contribution in [0.25, 0.3) is 0 Å². The second-order valence-corrected chi connectivity index (χ2v) is 4.05. The number of nitrogens with two attached hydrogens (primary N) is 1. The summed E-state index contributed by atoms with van der Waals surface area (Å²) in [4.78, 5) is 11.8. The highest BCUT2D eigenvalue weighted by Gasteiger charge is 2.09. The first-order valence-electron chi connectivity index (χ1n) is 5.94. The maximum Gasteiger partial charge on any atom is 0.254 e. The molecular formula is C13H16N4O2. The molecule has 1 heterocycles. The lowest BCUT2D eigenvalue weighted by Crippen LogP contribution is -2.28. The highest BCUT2D eigenvalue weighted by molar-refractivity contribution is 5.94. The van der Waals surface area contributed by atoms with E-state index >= 15 is 0 Å². The number of aryl methyl sites for hydroxylation is 1. The maximum absolute atomic E-state index is 11.8. The molecule has 0 spiro atoms. The number of rotatable bonds is 5. The molecule has 100 valence electrons. The largest absolute Gasteiger partial charge is 0.490 e. The molecule has 4 N–H and O–H groups in total. The van der Waals surface area contributed by atoms with E-state index in [4.69, 9.17) is 10.5 Å². The molecule has 19 heavy (non-hydrogen) atoms. The first kappa shape index (κ1) is 12.9. The fourth-order valence-corrected chi connectivity index (χ4v) is 1.61. The van der Waals surface area contributed by atoms with Crippen LogP contribution in [0.3, 0.4) is 0 Å². The van der Waals surface area contributed by atoms with Gasteiger partial charge in [0.1, 0.15) is 12.4 Å². The Morgan fingerprint density at radius 3 is 2.95 bits per heavy atom. The molecule has 0 atom stereocenters. The van der Waals surface area contributed by atoms with Crippen LogP contribution in [0.15, 0.2) is 30.5 Å². The molecular weight excluding hydrogens is 244 g/mol. The number of anilines is 1. The number of aromatic nitrogens is 2. The number of nitrogen functional groups attached to an aromatic ring is 1. The SMILES string of the molecule is Cc1[nH]ncc1C(=O)NCCOc1ccccc1N. The van der Waals surface area contributed by atoms with Crippen LogP contribution < -0.4 is 15.8 Å². The topological polar surface area (TPSA) is 93.0 Å². The Balaban J connectivity index is 1.77. The van der Waals surface area contributed by atoms with Crippen molar-refractivity contribution in [3.05, 3.63) is 41.7 Å². The van der Waals surface area contributed by atoms with Crippen LogP contribution in [0.4, 0.5) is 5.69 Å². The first-order valence-corrected chi connectivity index (χ1v) is 5.94. The lowest BCUT2D eigenvalue weighted by Gasteiger charge is -2.09. The van der Waals surface area contributed by atoms with Crippen molar-refractivity contribution >= 4 is 11.6 Å². The van der Waals surface area contributed by atoms with Crippen molar-refractivity contribution in [1.82, 2.24) is 15.5 Å². The standard InChI is InChI=1S/C13H16N4O2/c1-9-10(8-16-17-9)13(18)15-6-7-19-12-5-3-2-4-11(12)14/h2-5,8H,6-7,14H2,1H3,(H,15,18)(H,16,17). The van der Waals surface area contributed by atoms with Gasteiger partial charge < -0.3 is 15.8 Å². The zero-order chi connectivity index (χ0) is 13.7. The molecule has 0 radical (unpaired) electrons. The molecule has 0 fully saturated rings. The number of benzene rings is 1. The van der Waals surface area contributed by atoms with Crippen LogP contribution >= 0.6 is 0 Å². The summed E-state index contributed by atoms with van der Waals surface area (Å²) in [6, 6.07) is 7.24. The minimum Gasteiger partial charge on any atom is -0.490 e. The van der Waals surface area contributed by atoms with Gasteiger partial charge in [-0.05, 0) is 19.1 Å². The van der Waals surface area contributed by atoms with Gasteiger partial charge in [-0.2, -0.15) is 5.10 Å². The second-order valence-electron chi connectivity index (χ2n) is 4.05. The van der Waals surface area contributed by atoms with E-state index < -0.39 is 0 Å². The summed E-state index contributed by atoms with van der Waals surface area (Å²) in [6.07, 6.45) is 1.50. The number of hydrogen-bond donors (Lipinski definition) is 3. The van der Waals surface area contributed by atoms with Crippen molar-refractivity contribution in [3.63, 3.8) is 0 Å². The monoisotopic (exact) mass is 260 g/mol. The van der Waals surface area contributed by atoms with E-state index in [0.29, 0.717) is 30.2 Å². The van der Waals surface area contributed by atoms with Crippen molar-refractivity contribution < 1.29 is 9.53 Å². The number of nitrogens with zero attached hydrogens (tertiary/aromatic N) is 1. The van der Waals surface area contributed by atoms with Gasteiger partial charge in [0, 0.05) is 5.69 Å². The molecule has 6 heteroatoms. The van der Waals surface area contributed by atoms with Gasteiger partial charge in [0.15, 0.2) is 0 Å². The Labute approximate surface area is 111 Å². The number of nitrogens with one attached hydrogen (secondary N) is 2. The second kappa shape index (κ2) is 5.90. The fourth-order valence-electron chi connectivity index (χ4n) is 1.61. The van der Waals surface area contributed by atoms with Crippen molar-refractivity contribution in [1.29, 1.82) is 0 Å². The predicted octanol–water partition coefficient (Wildman–Crippen LogP) is 1.11. The first-order chi connectivity index (χ1) is 9.18. The van der Waals surface area contributed by atoms with Crippen molar-refractivity contribution in [2.45, 2.75) is 6.92 Å². The van der Waals surface area contributed by atoms with Crippen LogP contribution in [0.5, 0.6) is 5.75 Å². The molecule has 1 aromatic heterocycles. The van der Waals surface area contributed by atoms with E-state index in [1.165, 1.54) is 6.20 Å². The Hall–Kier alpha value is -2.50. The molecule has 0 unspecified atom stereocenters. The number of hydrogen-bond acceptors (Lipinski definition) is 4. The normalized spacial score (nSPS) is 10.2. The third-order valence-electron chi connectivity index (χ3n) is 2.64. The molecule has 0 aliphatic carbocycles. The maximum atomic E-state index is 11.8. The fraction of sp³-hybridized carbons (Fsp3) is 0.231. The smallest absolute Gasteiger partial charge is 0.254 e. The van der Waals surface area contributed by atoms with Crippen LogP contribution in [0.1, 0.15) is 16.1 Å². The Morgan fingerprint density at radius 2 is 2.26 bits per heavy atom. The number of carbonyl (C=O) groups excluding carboxylic acids is 1. The number of amides is 1. The molecule has 0 aliphatic heterocycles. The van der Waals surface area contributed by atoms with Crippen LogP contribution in [-0.4, -0.2) is 29.3 Å². The van der Waals surface area contributed by atoms with Crippen molar-refractivity contribution in [3.8, 4) is 5.75 Å². The molecule has 0 saturated carbocycles. The van der Waals surface area contributed by atoms with E-state index in [1.54, 1.807) is 19.1 Å². The zero-order valence-corrected chi connectivity index (χ0v) is 10.6. The third-order valence-corrected chi connectivity index (χ3v) is 2.64. The van der Waals surface area contributed by atoms with Gasteiger partial charge in [-0.1, -0.05) is 12.1 Å². The molecule has 2 aromatic rings. The molecule has 0 aliphatic rings. The molecule has 0 bridgehead atoms. The average Bonchev–Trinajstić information content (AvgIpc) is 2.82.